The van der Waals surface area contributed by atoms with Gasteiger partial charge in [-0.3, -0.25) is 0 Å². The second-order valence-electron chi connectivity index (χ2n) is 5.88. The molecule has 2 aliphatic rings. The van der Waals surface area contributed by atoms with Gasteiger partial charge >= 0.3 is 0 Å². The quantitative estimate of drug-likeness (QED) is 0.865. The first kappa shape index (κ1) is 12.2. The largest absolute Gasteiger partial charge is 0.387 e. The fourth-order valence-electron chi connectivity index (χ4n) is 3.40. The molecule has 18 heavy (non-hydrogen) atoms. The van der Waals surface area contributed by atoms with Crippen LogP contribution in [0.1, 0.15) is 43.3 Å². The summed E-state index contributed by atoms with van der Waals surface area (Å²) in [5.74, 6) is 1.92. The van der Waals surface area contributed by atoms with Crippen LogP contribution in [0.15, 0.2) is 6.20 Å². The molecule has 0 saturated carbocycles. The van der Waals surface area contributed by atoms with Crippen LogP contribution in [0.5, 0.6) is 0 Å². The number of hydrogen-bond acceptors (Lipinski definition) is 3. The minimum atomic E-state index is -0.297. The Morgan fingerprint density at radius 1 is 1.33 bits per heavy atom. The molecule has 100 valence electrons. The molecule has 2 aliphatic heterocycles. The molecule has 2 atom stereocenters. The summed E-state index contributed by atoms with van der Waals surface area (Å²) in [6.45, 7) is 3.45. The molecular weight excluding hydrogens is 226 g/mol. The van der Waals surface area contributed by atoms with E-state index in [1.807, 2.05) is 6.20 Å². The minimum absolute atomic E-state index is 0.297. The molecule has 0 bridgehead atoms. The second kappa shape index (κ2) is 5.02. The van der Waals surface area contributed by atoms with Crippen molar-refractivity contribution < 1.29 is 5.11 Å². The first-order valence-electron chi connectivity index (χ1n) is 7.15. The molecule has 1 saturated heterocycles. The third kappa shape index (κ3) is 2.31. The highest BCUT2D eigenvalue weighted by Crippen LogP contribution is 2.27. The Labute approximate surface area is 109 Å². The molecule has 2 unspecified atom stereocenters. The van der Waals surface area contributed by atoms with Crippen molar-refractivity contribution in [3.05, 3.63) is 17.7 Å². The Kier molecular flexibility index (Phi) is 3.39. The zero-order chi connectivity index (χ0) is 12.5. The highest BCUT2D eigenvalue weighted by molar-refractivity contribution is 5.11. The molecule has 3 rings (SSSR count). The van der Waals surface area contributed by atoms with Gasteiger partial charge in [0.1, 0.15) is 5.82 Å². The third-order valence-electron chi connectivity index (χ3n) is 4.36. The lowest BCUT2D eigenvalue weighted by atomic mass is 9.94. The molecule has 0 aliphatic carbocycles. The van der Waals surface area contributed by atoms with Gasteiger partial charge in [-0.15, -0.1) is 0 Å². The van der Waals surface area contributed by atoms with Gasteiger partial charge in [-0.1, -0.05) is 0 Å². The fraction of sp³-hybridized carbons (Fsp3) is 0.786. The summed E-state index contributed by atoms with van der Waals surface area (Å²) < 4.78 is 2.25. The molecule has 1 aromatic heterocycles. The summed E-state index contributed by atoms with van der Waals surface area (Å²) in [5, 5.41) is 9.95. The van der Waals surface area contributed by atoms with Crippen molar-refractivity contribution in [2.24, 2.45) is 5.92 Å². The van der Waals surface area contributed by atoms with Gasteiger partial charge in [0.15, 0.2) is 0 Å². The topological polar surface area (TPSA) is 41.3 Å². The molecule has 0 aromatic carbocycles. The maximum absolute atomic E-state index is 9.95. The SMILES string of the molecule is CN1CCCC(Cc2ncc3n2CCCC3O)C1. The van der Waals surface area contributed by atoms with Crippen LogP contribution in [-0.4, -0.2) is 39.7 Å². The van der Waals surface area contributed by atoms with Crippen molar-refractivity contribution >= 4 is 0 Å². The van der Waals surface area contributed by atoms with Crippen LogP contribution in [0.4, 0.5) is 0 Å². The molecule has 0 radical (unpaired) electrons. The number of aliphatic hydroxyl groups excluding tert-OH is 1. The van der Waals surface area contributed by atoms with Crippen molar-refractivity contribution in [1.29, 1.82) is 0 Å². The van der Waals surface area contributed by atoms with Gasteiger partial charge in [0.05, 0.1) is 18.0 Å². The lowest BCUT2D eigenvalue weighted by molar-refractivity contribution is 0.137. The Bertz CT molecular complexity index is 415. The van der Waals surface area contributed by atoms with Crippen LogP contribution in [0, 0.1) is 5.92 Å². The minimum Gasteiger partial charge on any atom is -0.387 e. The van der Waals surface area contributed by atoms with Crippen molar-refractivity contribution in [2.45, 2.75) is 44.8 Å². The number of aliphatic hydroxyl groups is 1. The zero-order valence-corrected chi connectivity index (χ0v) is 11.2. The first-order valence-corrected chi connectivity index (χ1v) is 7.15. The van der Waals surface area contributed by atoms with Crippen LogP contribution >= 0.6 is 0 Å². The Hall–Kier alpha value is -0.870. The van der Waals surface area contributed by atoms with Crippen LogP contribution < -0.4 is 0 Å². The van der Waals surface area contributed by atoms with E-state index >= 15 is 0 Å². The average molecular weight is 249 g/mol. The highest BCUT2D eigenvalue weighted by atomic mass is 16.3. The van der Waals surface area contributed by atoms with Gasteiger partial charge in [0.2, 0.25) is 0 Å². The summed E-state index contributed by atoms with van der Waals surface area (Å²) in [6.07, 6.45) is 7.23. The number of aromatic nitrogens is 2. The zero-order valence-electron chi connectivity index (χ0n) is 11.2. The van der Waals surface area contributed by atoms with E-state index in [0.29, 0.717) is 0 Å². The maximum atomic E-state index is 9.95. The number of nitrogens with zero attached hydrogens (tertiary/aromatic N) is 3. The van der Waals surface area contributed by atoms with Gasteiger partial charge in [0.25, 0.3) is 0 Å². The van der Waals surface area contributed by atoms with Crippen molar-refractivity contribution in [1.82, 2.24) is 14.5 Å². The van der Waals surface area contributed by atoms with E-state index in [4.69, 9.17) is 0 Å². The summed E-state index contributed by atoms with van der Waals surface area (Å²) in [6, 6.07) is 0. The van der Waals surface area contributed by atoms with Gasteiger partial charge < -0.3 is 14.6 Å². The Morgan fingerprint density at radius 3 is 3.00 bits per heavy atom. The number of likely N-dealkylation sites (tertiary alicyclic amines) is 1. The first-order chi connectivity index (χ1) is 8.74. The predicted octanol–water partition coefficient (Wildman–Crippen LogP) is 1.59. The van der Waals surface area contributed by atoms with Crippen LogP contribution in [0.2, 0.25) is 0 Å². The fourth-order valence-corrected chi connectivity index (χ4v) is 3.40. The second-order valence-corrected chi connectivity index (χ2v) is 5.88. The van der Waals surface area contributed by atoms with E-state index in [9.17, 15) is 5.11 Å². The molecule has 1 aromatic rings. The Balaban J connectivity index is 1.73. The number of rotatable bonds is 2. The number of fused-ring (bicyclic) bond motifs is 1. The van der Waals surface area contributed by atoms with Crippen LogP contribution in [-0.2, 0) is 13.0 Å². The molecule has 1 N–H and O–H groups in total. The molecular formula is C14H23N3O. The maximum Gasteiger partial charge on any atom is 0.109 e. The van der Waals surface area contributed by atoms with Gasteiger partial charge in [-0.25, -0.2) is 4.98 Å². The lowest BCUT2D eigenvalue weighted by Gasteiger charge is -2.30. The highest BCUT2D eigenvalue weighted by Gasteiger charge is 2.24. The van der Waals surface area contributed by atoms with E-state index in [-0.39, 0.29) is 6.10 Å². The average Bonchev–Trinajstić information content (AvgIpc) is 2.74. The summed E-state index contributed by atoms with van der Waals surface area (Å²) >= 11 is 0. The van der Waals surface area contributed by atoms with Crippen molar-refractivity contribution in [3.8, 4) is 0 Å². The number of piperidine rings is 1. The smallest absolute Gasteiger partial charge is 0.109 e. The Morgan fingerprint density at radius 2 is 2.17 bits per heavy atom. The number of imidazole rings is 1. The van der Waals surface area contributed by atoms with E-state index in [0.717, 1.165) is 37.4 Å². The predicted molar refractivity (Wildman–Crippen MR) is 70.3 cm³/mol. The standard InChI is InChI=1S/C14H23N3O/c1-16-6-2-4-11(10-16)8-14-15-9-12-13(18)5-3-7-17(12)14/h9,11,13,18H,2-8,10H2,1H3. The van der Waals surface area contributed by atoms with Crippen LogP contribution in [0.3, 0.4) is 0 Å². The van der Waals surface area contributed by atoms with Crippen molar-refractivity contribution in [3.63, 3.8) is 0 Å². The summed E-state index contributed by atoms with van der Waals surface area (Å²) in [7, 11) is 2.21. The van der Waals surface area contributed by atoms with Crippen LogP contribution in [0.25, 0.3) is 0 Å². The normalized spacial score (nSPS) is 29.2. The summed E-state index contributed by atoms with van der Waals surface area (Å²) in [5.41, 5.74) is 1.03. The number of hydrogen-bond donors (Lipinski definition) is 1. The van der Waals surface area contributed by atoms with E-state index in [2.05, 4.69) is 21.5 Å². The lowest BCUT2D eigenvalue weighted by Crippen LogP contribution is -2.33. The molecule has 4 heteroatoms. The molecule has 0 amide bonds. The van der Waals surface area contributed by atoms with E-state index in [1.165, 1.54) is 31.8 Å². The molecule has 1 fully saturated rings. The van der Waals surface area contributed by atoms with E-state index in [1.54, 1.807) is 0 Å². The molecule has 0 spiro atoms. The van der Waals surface area contributed by atoms with Gasteiger partial charge in [-0.2, -0.15) is 0 Å². The van der Waals surface area contributed by atoms with Gasteiger partial charge in [-0.05, 0) is 45.2 Å². The van der Waals surface area contributed by atoms with Gasteiger partial charge in [0, 0.05) is 19.5 Å². The monoisotopic (exact) mass is 249 g/mol. The van der Waals surface area contributed by atoms with E-state index < -0.39 is 0 Å². The third-order valence-corrected chi connectivity index (χ3v) is 4.36. The molecule has 4 nitrogen and oxygen atoms in total. The summed E-state index contributed by atoms with van der Waals surface area (Å²) in [4.78, 5) is 6.97. The molecule has 3 heterocycles. The van der Waals surface area contributed by atoms with Crippen molar-refractivity contribution in [2.75, 3.05) is 20.1 Å².